The summed E-state index contributed by atoms with van der Waals surface area (Å²) in [6, 6.07) is 12.9. The molecule has 2 aliphatic rings. The molecule has 3 aromatic rings. The summed E-state index contributed by atoms with van der Waals surface area (Å²) >= 11 is 0. The van der Waals surface area contributed by atoms with Gasteiger partial charge in [0.25, 0.3) is 5.91 Å². The largest absolute Gasteiger partial charge is 0.454 e. The van der Waals surface area contributed by atoms with Crippen molar-refractivity contribution in [3.63, 3.8) is 0 Å². The van der Waals surface area contributed by atoms with Gasteiger partial charge in [0, 0.05) is 25.5 Å². The second-order valence-corrected chi connectivity index (χ2v) is 7.37. The number of hydrogen-bond acceptors (Lipinski definition) is 6. The Labute approximate surface area is 178 Å². The zero-order valence-electron chi connectivity index (χ0n) is 16.8. The number of hydrogen-bond donors (Lipinski definition) is 0. The van der Waals surface area contributed by atoms with Crippen LogP contribution in [0.2, 0.25) is 0 Å². The van der Waals surface area contributed by atoms with Crippen molar-refractivity contribution in [2.75, 3.05) is 19.9 Å². The normalized spacial score (nSPS) is 14.8. The van der Waals surface area contributed by atoms with Crippen molar-refractivity contribution in [2.45, 2.75) is 19.4 Å². The fourth-order valence-electron chi connectivity index (χ4n) is 3.77. The van der Waals surface area contributed by atoms with Gasteiger partial charge in [0.05, 0.1) is 12.1 Å². The number of aromatic nitrogens is 3. The highest BCUT2D eigenvalue weighted by atomic mass is 16.7. The molecule has 0 N–H and O–H groups in total. The molecule has 1 saturated heterocycles. The van der Waals surface area contributed by atoms with Crippen molar-refractivity contribution in [1.82, 2.24) is 24.8 Å². The van der Waals surface area contributed by atoms with Gasteiger partial charge >= 0.3 is 0 Å². The Morgan fingerprint density at radius 1 is 0.935 bits per heavy atom. The minimum atomic E-state index is -0.174. The van der Waals surface area contributed by atoms with Gasteiger partial charge in [-0.25, -0.2) is 5.01 Å². The van der Waals surface area contributed by atoms with Crippen molar-refractivity contribution in [2.24, 2.45) is 0 Å². The fourth-order valence-corrected chi connectivity index (χ4v) is 3.77. The van der Waals surface area contributed by atoms with Gasteiger partial charge in [0.15, 0.2) is 11.5 Å². The van der Waals surface area contributed by atoms with E-state index in [9.17, 15) is 9.59 Å². The van der Waals surface area contributed by atoms with Gasteiger partial charge < -0.3 is 9.47 Å². The predicted octanol–water partition coefficient (Wildman–Crippen LogP) is 1.89. The molecule has 0 spiro atoms. The van der Waals surface area contributed by atoms with Crippen LogP contribution in [-0.2, 0) is 22.6 Å². The van der Waals surface area contributed by atoms with Crippen molar-refractivity contribution in [3.05, 3.63) is 60.4 Å². The van der Waals surface area contributed by atoms with E-state index in [1.54, 1.807) is 23.1 Å². The van der Waals surface area contributed by atoms with Crippen LogP contribution in [-0.4, -0.2) is 56.5 Å². The Kier molecular flexibility index (Phi) is 4.99. The maximum absolute atomic E-state index is 12.9. The number of amides is 2. The lowest BCUT2D eigenvalue weighted by atomic mass is 10.1. The van der Waals surface area contributed by atoms with E-state index < -0.39 is 0 Å². The first-order chi connectivity index (χ1) is 15.2. The number of pyridine rings is 1. The summed E-state index contributed by atoms with van der Waals surface area (Å²) in [5, 5.41) is 7.50. The maximum Gasteiger partial charge on any atom is 0.262 e. The second kappa shape index (κ2) is 8.10. The van der Waals surface area contributed by atoms with Crippen molar-refractivity contribution >= 4 is 11.8 Å². The highest BCUT2D eigenvalue weighted by Gasteiger charge is 2.31. The zero-order valence-corrected chi connectivity index (χ0v) is 16.8. The van der Waals surface area contributed by atoms with Gasteiger partial charge in [-0.05, 0) is 42.3 Å². The van der Waals surface area contributed by atoms with Gasteiger partial charge in [-0.2, -0.15) is 5.10 Å². The summed E-state index contributed by atoms with van der Waals surface area (Å²) in [6.07, 6.45) is 4.38. The maximum atomic E-state index is 12.9. The molecule has 4 heterocycles. The van der Waals surface area contributed by atoms with Gasteiger partial charge in [-0.3, -0.25) is 24.3 Å². The summed E-state index contributed by atoms with van der Waals surface area (Å²) in [5.74, 6) is 1.02. The van der Waals surface area contributed by atoms with Crippen LogP contribution in [0.1, 0.15) is 12.0 Å². The molecule has 0 aliphatic carbocycles. The summed E-state index contributed by atoms with van der Waals surface area (Å²) in [5.41, 5.74) is 2.27. The third kappa shape index (κ3) is 3.94. The molecule has 9 heteroatoms. The van der Waals surface area contributed by atoms with E-state index in [-0.39, 0.29) is 31.6 Å². The van der Waals surface area contributed by atoms with E-state index in [0.29, 0.717) is 30.3 Å². The Bertz CT molecular complexity index is 1110. The Hall–Kier alpha value is -3.88. The van der Waals surface area contributed by atoms with E-state index in [0.717, 1.165) is 17.7 Å². The average molecular weight is 419 g/mol. The lowest BCUT2D eigenvalue weighted by molar-refractivity contribution is -0.158. The molecule has 1 fully saturated rings. The number of carbonyl (C=O) groups excluding carboxylic acids is 2. The summed E-state index contributed by atoms with van der Waals surface area (Å²) in [6.45, 7) is 1.28. The van der Waals surface area contributed by atoms with Crippen LogP contribution < -0.4 is 9.47 Å². The van der Waals surface area contributed by atoms with Crippen molar-refractivity contribution in [3.8, 4) is 22.9 Å². The third-order valence-electron chi connectivity index (χ3n) is 5.26. The van der Waals surface area contributed by atoms with Crippen molar-refractivity contribution < 1.29 is 19.1 Å². The minimum absolute atomic E-state index is 0.0562. The molecule has 2 amide bonds. The molecule has 0 unspecified atom stereocenters. The van der Waals surface area contributed by atoms with E-state index in [4.69, 9.17) is 9.47 Å². The number of rotatable bonds is 5. The van der Waals surface area contributed by atoms with E-state index in [1.165, 1.54) is 10.0 Å². The molecule has 1 aromatic carbocycles. The summed E-state index contributed by atoms with van der Waals surface area (Å²) in [4.78, 5) is 30.1. The minimum Gasteiger partial charge on any atom is -0.454 e. The molecule has 158 valence electrons. The summed E-state index contributed by atoms with van der Waals surface area (Å²) < 4.78 is 12.3. The third-order valence-corrected chi connectivity index (χ3v) is 5.26. The Morgan fingerprint density at radius 3 is 2.61 bits per heavy atom. The Morgan fingerprint density at radius 2 is 1.77 bits per heavy atom. The van der Waals surface area contributed by atoms with Gasteiger partial charge in [0.2, 0.25) is 12.7 Å². The van der Waals surface area contributed by atoms with Crippen molar-refractivity contribution in [1.29, 1.82) is 0 Å². The molecule has 0 bridgehead atoms. The molecule has 0 radical (unpaired) electrons. The molecule has 2 aromatic heterocycles. The van der Waals surface area contributed by atoms with Crippen LogP contribution in [0.3, 0.4) is 0 Å². The number of ether oxygens (including phenoxy) is 2. The molecular weight excluding hydrogens is 398 g/mol. The zero-order chi connectivity index (χ0) is 21.2. The van der Waals surface area contributed by atoms with Crippen LogP contribution in [0.25, 0.3) is 11.4 Å². The first-order valence-electron chi connectivity index (χ1n) is 10.1. The lowest BCUT2D eigenvalue weighted by Crippen LogP contribution is -2.46. The van der Waals surface area contributed by atoms with E-state index in [2.05, 4.69) is 10.1 Å². The van der Waals surface area contributed by atoms with Crippen LogP contribution in [0.15, 0.2) is 54.9 Å². The van der Waals surface area contributed by atoms with E-state index >= 15 is 0 Å². The highest BCUT2D eigenvalue weighted by molar-refractivity contribution is 5.84. The molecule has 5 rings (SSSR count). The number of nitrogens with zero attached hydrogens (tertiary/aromatic N) is 5. The van der Waals surface area contributed by atoms with Gasteiger partial charge in [-0.15, -0.1) is 0 Å². The predicted molar refractivity (Wildman–Crippen MR) is 110 cm³/mol. The quantitative estimate of drug-likeness (QED) is 0.628. The number of hydrazine groups is 1. The molecule has 0 saturated carbocycles. The van der Waals surface area contributed by atoms with Gasteiger partial charge in [0.1, 0.15) is 12.2 Å². The van der Waals surface area contributed by atoms with Gasteiger partial charge in [-0.1, -0.05) is 12.1 Å². The first kappa shape index (κ1) is 19.1. The van der Waals surface area contributed by atoms with E-state index in [1.807, 2.05) is 36.4 Å². The second-order valence-electron chi connectivity index (χ2n) is 7.37. The SMILES string of the molecule is O=C(Cc1ccc2c(c1)OCO2)N1CCCN1C(=O)Cn1ccc(-c2ccccn2)n1. The molecule has 9 nitrogen and oxygen atoms in total. The number of benzene rings is 1. The van der Waals surface area contributed by atoms with Crippen LogP contribution in [0, 0.1) is 0 Å². The van der Waals surface area contributed by atoms with Crippen LogP contribution in [0.4, 0.5) is 0 Å². The standard InChI is InChI=1S/C22H21N5O4/c28-21(13-16-5-6-19-20(12-16)31-15-30-19)26-9-3-10-27(26)22(29)14-25-11-7-18(24-25)17-4-1-2-8-23-17/h1-2,4-8,11-12H,3,9-10,13-15H2. The first-order valence-corrected chi connectivity index (χ1v) is 10.1. The number of carbonyl (C=O) groups is 2. The average Bonchev–Trinajstić information content (AvgIpc) is 3.54. The van der Waals surface area contributed by atoms with Crippen LogP contribution >= 0.6 is 0 Å². The fraction of sp³-hybridized carbons (Fsp3) is 0.273. The molecule has 31 heavy (non-hydrogen) atoms. The topological polar surface area (TPSA) is 89.8 Å². The molecular formula is C22H21N5O4. The number of fused-ring (bicyclic) bond motifs is 1. The monoisotopic (exact) mass is 419 g/mol. The summed E-state index contributed by atoms with van der Waals surface area (Å²) in [7, 11) is 0. The smallest absolute Gasteiger partial charge is 0.262 e. The highest BCUT2D eigenvalue weighted by Crippen LogP contribution is 2.32. The lowest BCUT2D eigenvalue weighted by Gasteiger charge is -2.28. The molecule has 2 aliphatic heterocycles. The Balaban J connectivity index is 1.24. The van der Waals surface area contributed by atoms with Crippen LogP contribution in [0.5, 0.6) is 11.5 Å². The molecule has 0 atom stereocenters.